The topological polar surface area (TPSA) is 64.7 Å². The molecule has 32 heavy (non-hydrogen) atoms. The van der Waals surface area contributed by atoms with Crippen molar-refractivity contribution < 1.29 is 4.79 Å². The van der Waals surface area contributed by atoms with Crippen LogP contribution in [0, 0.1) is 6.92 Å². The SMILES string of the molecule is Cc1cc(NC(=O)c2ccc(Br)cc2)n(-c2nc3ccccc3n2Cc2ccccc2)n1. The average Bonchev–Trinajstić information content (AvgIpc) is 3.34. The van der Waals surface area contributed by atoms with Crippen LogP contribution in [0.2, 0.25) is 0 Å². The minimum atomic E-state index is -0.204. The van der Waals surface area contributed by atoms with Gasteiger partial charge in [0.15, 0.2) is 0 Å². The van der Waals surface area contributed by atoms with Crippen molar-refractivity contribution >= 4 is 38.7 Å². The Morgan fingerprint density at radius 2 is 1.69 bits per heavy atom. The summed E-state index contributed by atoms with van der Waals surface area (Å²) in [5, 5.41) is 7.64. The van der Waals surface area contributed by atoms with E-state index in [1.54, 1.807) is 16.8 Å². The van der Waals surface area contributed by atoms with Gasteiger partial charge in [-0.15, -0.1) is 0 Å². The van der Waals surface area contributed by atoms with Gasteiger partial charge in [0.25, 0.3) is 5.91 Å². The third kappa shape index (κ3) is 3.94. The Morgan fingerprint density at radius 3 is 2.47 bits per heavy atom. The Labute approximate surface area is 193 Å². The maximum absolute atomic E-state index is 12.9. The monoisotopic (exact) mass is 485 g/mol. The molecule has 0 saturated carbocycles. The number of imidazole rings is 1. The van der Waals surface area contributed by atoms with Gasteiger partial charge in [0.2, 0.25) is 5.95 Å². The lowest BCUT2D eigenvalue weighted by molar-refractivity contribution is 0.102. The molecule has 0 radical (unpaired) electrons. The molecule has 5 aromatic rings. The number of fused-ring (bicyclic) bond motifs is 1. The lowest BCUT2D eigenvalue weighted by atomic mass is 10.2. The van der Waals surface area contributed by atoms with Crippen molar-refractivity contribution in [2.45, 2.75) is 13.5 Å². The zero-order valence-electron chi connectivity index (χ0n) is 17.4. The van der Waals surface area contributed by atoms with Gasteiger partial charge in [-0.25, -0.2) is 4.98 Å². The number of carbonyl (C=O) groups excluding carboxylic acids is 1. The zero-order chi connectivity index (χ0) is 22.1. The molecule has 7 heteroatoms. The van der Waals surface area contributed by atoms with Crippen LogP contribution in [0.4, 0.5) is 5.82 Å². The summed E-state index contributed by atoms with van der Waals surface area (Å²) in [4.78, 5) is 17.7. The fourth-order valence-corrected chi connectivity index (χ4v) is 3.94. The number of hydrogen-bond donors (Lipinski definition) is 1. The van der Waals surface area contributed by atoms with E-state index >= 15 is 0 Å². The van der Waals surface area contributed by atoms with Crippen LogP contribution < -0.4 is 5.32 Å². The second-order valence-corrected chi connectivity index (χ2v) is 8.43. The summed E-state index contributed by atoms with van der Waals surface area (Å²) in [6.07, 6.45) is 0. The second-order valence-electron chi connectivity index (χ2n) is 7.52. The van der Waals surface area contributed by atoms with Crippen LogP contribution in [0.15, 0.2) is 89.4 Å². The van der Waals surface area contributed by atoms with E-state index in [-0.39, 0.29) is 5.91 Å². The molecule has 0 spiro atoms. The highest BCUT2D eigenvalue weighted by Crippen LogP contribution is 2.24. The maximum atomic E-state index is 12.9. The fraction of sp³-hybridized carbons (Fsp3) is 0.0800. The molecule has 6 nitrogen and oxygen atoms in total. The molecule has 2 aromatic heterocycles. The largest absolute Gasteiger partial charge is 0.306 e. The lowest BCUT2D eigenvalue weighted by Gasteiger charge is -2.12. The first-order chi connectivity index (χ1) is 15.6. The lowest BCUT2D eigenvalue weighted by Crippen LogP contribution is -2.17. The van der Waals surface area contributed by atoms with E-state index in [0.29, 0.717) is 23.9 Å². The first-order valence-electron chi connectivity index (χ1n) is 10.2. The van der Waals surface area contributed by atoms with Crippen molar-refractivity contribution in [1.82, 2.24) is 19.3 Å². The summed E-state index contributed by atoms with van der Waals surface area (Å²) in [5.41, 5.74) is 4.38. The van der Waals surface area contributed by atoms with Gasteiger partial charge >= 0.3 is 0 Å². The Morgan fingerprint density at radius 1 is 0.969 bits per heavy atom. The summed E-state index contributed by atoms with van der Waals surface area (Å²) in [6, 6.07) is 27.3. The van der Waals surface area contributed by atoms with Crippen LogP contribution in [-0.4, -0.2) is 25.2 Å². The first-order valence-corrected chi connectivity index (χ1v) is 11.0. The van der Waals surface area contributed by atoms with Crippen LogP contribution in [0.3, 0.4) is 0 Å². The van der Waals surface area contributed by atoms with Crippen molar-refractivity contribution in [3.05, 3.63) is 106 Å². The average molecular weight is 486 g/mol. The summed E-state index contributed by atoms with van der Waals surface area (Å²) in [5.74, 6) is 1.01. The smallest absolute Gasteiger partial charge is 0.256 e. The number of para-hydroxylation sites is 2. The van der Waals surface area contributed by atoms with E-state index in [2.05, 4.69) is 43.0 Å². The van der Waals surface area contributed by atoms with Gasteiger partial charge in [0.1, 0.15) is 5.82 Å². The molecule has 0 atom stereocenters. The predicted octanol–water partition coefficient (Wildman–Crippen LogP) is 5.59. The second kappa shape index (κ2) is 8.43. The number of aryl methyl sites for hydroxylation is 1. The fourth-order valence-electron chi connectivity index (χ4n) is 3.68. The predicted molar refractivity (Wildman–Crippen MR) is 129 cm³/mol. The summed E-state index contributed by atoms with van der Waals surface area (Å²) >= 11 is 3.40. The van der Waals surface area contributed by atoms with Crippen molar-refractivity contribution in [3.8, 4) is 5.95 Å². The number of hydrogen-bond acceptors (Lipinski definition) is 3. The number of carbonyl (C=O) groups is 1. The summed E-state index contributed by atoms with van der Waals surface area (Å²) in [6.45, 7) is 2.53. The number of halogens is 1. The molecule has 0 aliphatic heterocycles. The molecule has 0 saturated heterocycles. The number of benzene rings is 3. The van der Waals surface area contributed by atoms with Gasteiger partial charge in [-0.1, -0.05) is 58.4 Å². The Hall–Kier alpha value is -3.71. The molecular weight excluding hydrogens is 466 g/mol. The highest BCUT2D eigenvalue weighted by molar-refractivity contribution is 9.10. The van der Waals surface area contributed by atoms with Crippen molar-refractivity contribution in [2.24, 2.45) is 0 Å². The minimum Gasteiger partial charge on any atom is -0.306 e. The number of nitrogens with zero attached hydrogens (tertiary/aromatic N) is 4. The molecule has 158 valence electrons. The summed E-state index contributed by atoms with van der Waals surface area (Å²) < 4.78 is 4.74. The van der Waals surface area contributed by atoms with Crippen LogP contribution in [0.5, 0.6) is 0 Å². The van der Waals surface area contributed by atoms with Crippen LogP contribution in [-0.2, 0) is 6.54 Å². The molecule has 0 aliphatic carbocycles. The van der Waals surface area contributed by atoms with Crippen LogP contribution in [0.25, 0.3) is 17.0 Å². The van der Waals surface area contributed by atoms with E-state index in [1.807, 2.05) is 67.6 Å². The quantitative estimate of drug-likeness (QED) is 0.352. The Bertz CT molecular complexity index is 1400. The molecule has 0 bridgehead atoms. The van der Waals surface area contributed by atoms with Crippen molar-refractivity contribution in [3.63, 3.8) is 0 Å². The number of aromatic nitrogens is 4. The highest BCUT2D eigenvalue weighted by Gasteiger charge is 2.19. The van der Waals surface area contributed by atoms with Crippen molar-refractivity contribution in [1.29, 1.82) is 0 Å². The molecule has 3 aromatic carbocycles. The standard InChI is InChI=1S/C25H20BrN5O/c1-17-15-23(28-24(32)19-11-13-20(26)14-12-19)31(29-17)25-27-21-9-5-6-10-22(21)30(25)16-18-7-3-2-4-8-18/h2-15H,16H2,1H3,(H,28,32). The van der Waals surface area contributed by atoms with Crippen molar-refractivity contribution in [2.75, 3.05) is 5.32 Å². The maximum Gasteiger partial charge on any atom is 0.256 e. The van der Waals surface area contributed by atoms with E-state index < -0.39 is 0 Å². The van der Waals surface area contributed by atoms with Gasteiger partial charge in [0, 0.05) is 16.1 Å². The summed E-state index contributed by atoms with van der Waals surface area (Å²) in [7, 11) is 0. The van der Waals surface area contributed by atoms with E-state index in [1.165, 1.54) is 0 Å². The molecule has 1 N–H and O–H groups in total. The van der Waals surface area contributed by atoms with Crippen LogP contribution in [0.1, 0.15) is 21.6 Å². The third-order valence-electron chi connectivity index (χ3n) is 5.19. The molecule has 0 aliphatic rings. The van der Waals surface area contributed by atoms with Gasteiger partial charge in [-0.2, -0.15) is 9.78 Å². The molecular formula is C25H20BrN5O. The first kappa shape index (κ1) is 20.2. The minimum absolute atomic E-state index is 0.204. The normalized spacial score (nSPS) is 11.1. The van der Waals surface area contributed by atoms with Gasteiger partial charge in [-0.05, 0) is 48.9 Å². The molecule has 0 unspecified atom stereocenters. The number of anilines is 1. The molecule has 2 heterocycles. The molecule has 0 fully saturated rings. The van der Waals surface area contributed by atoms with Gasteiger partial charge in [0.05, 0.1) is 23.3 Å². The van der Waals surface area contributed by atoms with Crippen LogP contribution >= 0.6 is 15.9 Å². The Kier molecular flexibility index (Phi) is 5.33. The zero-order valence-corrected chi connectivity index (χ0v) is 19.0. The highest BCUT2D eigenvalue weighted by atomic mass is 79.9. The van der Waals surface area contributed by atoms with Gasteiger partial charge in [-0.3, -0.25) is 4.79 Å². The molecule has 1 amide bonds. The third-order valence-corrected chi connectivity index (χ3v) is 5.72. The van der Waals surface area contributed by atoms with E-state index in [4.69, 9.17) is 4.98 Å². The molecule has 5 rings (SSSR count). The van der Waals surface area contributed by atoms with Gasteiger partial charge < -0.3 is 9.88 Å². The Balaban J connectivity index is 1.58. The number of nitrogens with one attached hydrogen (secondary N) is 1. The van der Waals surface area contributed by atoms with E-state index in [0.717, 1.165) is 26.8 Å². The number of rotatable bonds is 5. The number of amides is 1. The van der Waals surface area contributed by atoms with E-state index in [9.17, 15) is 4.79 Å².